The van der Waals surface area contributed by atoms with Crippen molar-refractivity contribution in [2.24, 2.45) is 0 Å². The average Bonchev–Trinajstić information content (AvgIpc) is 3.51. The molecule has 1 heterocycles. The summed E-state index contributed by atoms with van der Waals surface area (Å²) < 4.78 is 45.9. The van der Waals surface area contributed by atoms with Gasteiger partial charge in [-0.2, -0.15) is 13.2 Å². The summed E-state index contributed by atoms with van der Waals surface area (Å²) in [5.74, 6) is 0.781. The first-order valence-corrected chi connectivity index (χ1v) is 10.6. The minimum Gasteiger partial charge on any atom is -0.460 e. The molecule has 0 bridgehead atoms. The third-order valence-corrected chi connectivity index (χ3v) is 5.91. The fourth-order valence-electron chi connectivity index (χ4n) is 3.91. The summed E-state index contributed by atoms with van der Waals surface area (Å²) in [6, 6.07) is 19.0. The molecule has 0 saturated heterocycles. The van der Waals surface area contributed by atoms with Crippen LogP contribution in [0.1, 0.15) is 42.6 Å². The SMILES string of the molecule is CC(c1ccccc1)C(O)CN(Cc1ccc(-c2ccccc2C(F)(F)F)o1)C1CC1. The van der Waals surface area contributed by atoms with Crippen molar-refractivity contribution in [2.75, 3.05) is 6.54 Å². The number of nitrogens with zero attached hydrogens (tertiary/aromatic N) is 1. The van der Waals surface area contributed by atoms with Crippen LogP contribution in [0.5, 0.6) is 0 Å². The van der Waals surface area contributed by atoms with E-state index in [0.29, 0.717) is 24.9 Å². The molecule has 1 aliphatic carbocycles. The molecule has 0 aliphatic heterocycles. The lowest BCUT2D eigenvalue weighted by Crippen LogP contribution is -2.36. The monoisotopic (exact) mass is 429 g/mol. The van der Waals surface area contributed by atoms with Crippen molar-refractivity contribution < 1.29 is 22.7 Å². The quantitative estimate of drug-likeness (QED) is 0.470. The van der Waals surface area contributed by atoms with E-state index in [-0.39, 0.29) is 17.2 Å². The van der Waals surface area contributed by atoms with E-state index in [9.17, 15) is 18.3 Å². The number of hydrogen-bond acceptors (Lipinski definition) is 3. The summed E-state index contributed by atoms with van der Waals surface area (Å²) in [5.41, 5.74) is 0.411. The first-order valence-electron chi connectivity index (χ1n) is 10.6. The number of halogens is 3. The van der Waals surface area contributed by atoms with Crippen LogP contribution in [0, 0.1) is 0 Å². The highest BCUT2D eigenvalue weighted by molar-refractivity contribution is 5.63. The molecule has 0 radical (unpaired) electrons. The summed E-state index contributed by atoms with van der Waals surface area (Å²) in [6.45, 7) is 2.94. The van der Waals surface area contributed by atoms with Gasteiger partial charge in [-0.25, -0.2) is 0 Å². The Kier molecular flexibility index (Phi) is 6.21. The fraction of sp³-hybridized carbons (Fsp3) is 0.360. The lowest BCUT2D eigenvalue weighted by atomic mass is 9.95. The van der Waals surface area contributed by atoms with Gasteiger partial charge in [0.05, 0.1) is 18.2 Å². The summed E-state index contributed by atoms with van der Waals surface area (Å²) in [7, 11) is 0. The van der Waals surface area contributed by atoms with Gasteiger partial charge in [0.2, 0.25) is 0 Å². The zero-order valence-electron chi connectivity index (χ0n) is 17.3. The van der Waals surface area contributed by atoms with Crippen LogP contribution in [-0.2, 0) is 12.7 Å². The molecule has 164 valence electrons. The average molecular weight is 429 g/mol. The molecule has 2 aromatic carbocycles. The van der Waals surface area contributed by atoms with Crippen LogP contribution < -0.4 is 0 Å². The second-order valence-corrected chi connectivity index (χ2v) is 8.24. The van der Waals surface area contributed by atoms with Crippen molar-refractivity contribution in [3.05, 3.63) is 83.6 Å². The Balaban J connectivity index is 1.48. The van der Waals surface area contributed by atoms with Crippen LogP contribution in [0.3, 0.4) is 0 Å². The predicted molar refractivity (Wildman–Crippen MR) is 113 cm³/mol. The van der Waals surface area contributed by atoms with Gasteiger partial charge >= 0.3 is 6.18 Å². The van der Waals surface area contributed by atoms with Gasteiger partial charge in [-0.1, -0.05) is 55.5 Å². The first kappa shape index (κ1) is 21.7. The molecule has 3 nitrogen and oxygen atoms in total. The van der Waals surface area contributed by atoms with E-state index in [2.05, 4.69) is 4.90 Å². The Hall–Kier alpha value is -2.57. The molecule has 6 heteroatoms. The highest BCUT2D eigenvalue weighted by Crippen LogP contribution is 2.38. The van der Waals surface area contributed by atoms with Crippen molar-refractivity contribution >= 4 is 0 Å². The lowest BCUT2D eigenvalue weighted by molar-refractivity contribution is -0.137. The van der Waals surface area contributed by atoms with Crippen molar-refractivity contribution in [1.29, 1.82) is 0 Å². The Morgan fingerprint density at radius 2 is 1.68 bits per heavy atom. The van der Waals surface area contributed by atoms with Crippen LogP contribution in [0.4, 0.5) is 13.2 Å². The molecule has 4 rings (SSSR count). The zero-order valence-corrected chi connectivity index (χ0v) is 17.3. The second kappa shape index (κ2) is 8.89. The van der Waals surface area contributed by atoms with Gasteiger partial charge in [0.1, 0.15) is 11.5 Å². The van der Waals surface area contributed by atoms with Crippen LogP contribution in [0.2, 0.25) is 0 Å². The Bertz CT molecular complexity index is 995. The van der Waals surface area contributed by atoms with Crippen LogP contribution in [0.15, 0.2) is 71.1 Å². The van der Waals surface area contributed by atoms with Crippen molar-refractivity contribution in [2.45, 2.75) is 50.6 Å². The van der Waals surface area contributed by atoms with Gasteiger partial charge in [-0.15, -0.1) is 0 Å². The van der Waals surface area contributed by atoms with E-state index in [0.717, 1.165) is 24.5 Å². The van der Waals surface area contributed by atoms with Crippen molar-refractivity contribution in [3.8, 4) is 11.3 Å². The lowest BCUT2D eigenvalue weighted by Gasteiger charge is -2.27. The summed E-state index contributed by atoms with van der Waals surface area (Å²) in [4.78, 5) is 2.17. The third-order valence-electron chi connectivity index (χ3n) is 5.91. The van der Waals surface area contributed by atoms with Gasteiger partial charge in [-0.3, -0.25) is 4.90 Å². The second-order valence-electron chi connectivity index (χ2n) is 8.24. The number of alkyl halides is 3. The van der Waals surface area contributed by atoms with E-state index < -0.39 is 17.8 Å². The fourth-order valence-corrected chi connectivity index (χ4v) is 3.91. The number of benzene rings is 2. The highest BCUT2D eigenvalue weighted by Gasteiger charge is 2.35. The van der Waals surface area contributed by atoms with Crippen molar-refractivity contribution in [1.82, 2.24) is 4.90 Å². The molecular formula is C25H26F3NO2. The molecule has 3 aromatic rings. The van der Waals surface area contributed by atoms with E-state index in [1.54, 1.807) is 18.2 Å². The van der Waals surface area contributed by atoms with Gasteiger partial charge in [0.15, 0.2) is 0 Å². The van der Waals surface area contributed by atoms with Gasteiger partial charge in [0, 0.05) is 24.1 Å². The highest BCUT2D eigenvalue weighted by atomic mass is 19.4. The van der Waals surface area contributed by atoms with Crippen LogP contribution >= 0.6 is 0 Å². The summed E-state index contributed by atoms with van der Waals surface area (Å²) in [6.07, 6.45) is -2.89. The van der Waals surface area contributed by atoms with E-state index in [1.807, 2.05) is 37.3 Å². The Labute approximate surface area is 180 Å². The number of hydrogen-bond donors (Lipinski definition) is 1. The standard InChI is InChI=1S/C25H26F3NO2/c1-17(18-7-3-2-4-8-18)23(30)16-29(19-11-12-19)15-20-13-14-24(31-20)21-9-5-6-10-22(21)25(26,27)28/h2-10,13-14,17,19,23,30H,11-12,15-16H2,1H3. The number of aliphatic hydroxyl groups excluding tert-OH is 1. The third kappa shape index (κ3) is 5.20. The molecule has 0 spiro atoms. The molecule has 1 aromatic heterocycles. The van der Waals surface area contributed by atoms with E-state index in [1.165, 1.54) is 12.1 Å². The minimum atomic E-state index is -4.44. The maximum Gasteiger partial charge on any atom is 0.417 e. The van der Waals surface area contributed by atoms with Gasteiger partial charge in [-0.05, 0) is 36.6 Å². The first-order chi connectivity index (χ1) is 14.8. The predicted octanol–water partition coefficient (Wildman–Crippen LogP) is 6.09. The molecule has 1 aliphatic rings. The normalized spacial score (nSPS) is 16.5. The Morgan fingerprint density at radius 3 is 2.35 bits per heavy atom. The molecule has 1 saturated carbocycles. The number of rotatable bonds is 8. The molecule has 2 atom stereocenters. The molecule has 1 N–H and O–H groups in total. The van der Waals surface area contributed by atoms with Crippen LogP contribution in [-0.4, -0.2) is 28.7 Å². The number of aliphatic hydroxyl groups is 1. The maximum atomic E-state index is 13.3. The molecule has 31 heavy (non-hydrogen) atoms. The molecule has 2 unspecified atom stereocenters. The molecule has 0 amide bonds. The minimum absolute atomic E-state index is 0.0201. The smallest absolute Gasteiger partial charge is 0.417 e. The van der Waals surface area contributed by atoms with Crippen LogP contribution in [0.25, 0.3) is 11.3 Å². The van der Waals surface area contributed by atoms with Gasteiger partial charge in [0.25, 0.3) is 0 Å². The maximum absolute atomic E-state index is 13.3. The Morgan fingerprint density at radius 1 is 1.00 bits per heavy atom. The zero-order chi connectivity index (χ0) is 22.0. The van der Waals surface area contributed by atoms with Gasteiger partial charge < -0.3 is 9.52 Å². The van der Waals surface area contributed by atoms with Crippen molar-refractivity contribution in [3.63, 3.8) is 0 Å². The molecule has 1 fully saturated rings. The molecular weight excluding hydrogens is 403 g/mol. The van der Waals surface area contributed by atoms with E-state index in [4.69, 9.17) is 4.42 Å². The summed E-state index contributed by atoms with van der Waals surface area (Å²) >= 11 is 0. The topological polar surface area (TPSA) is 36.6 Å². The largest absolute Gasteiger partial charge is 0.460 e. The van der Waals surface area contributed by atoms with E-state index >= 15 is 0 Å². The summed E-state index contributed by atoms with van der Waals surface area (Å²) in [5, 5.41) is 10.8. The number of furan rings is 1.